The Balaban J connectivity index is 1.63. The van der Waals surface area contributed by atoms with Gasteiger partial charge in [-0.15, -0.1) is 5.10 Å². The van der Waals surface area contributed by atoms with Crippen molar-refractivity contribution in [2.24, 2.45) is 0 Å². The first-order chi connectivity index (χ1) is 10.2. The van der Waals surface area contributed by atoms with Crippen LogP contribution in [0.1, 0.15) is 25.1 Å². The summed E-state index contributed by atoms with van der Waals surface area (Å²) in [5, 5.41) is 15.5. The molecule has 112 valence electrons. The molecular weight excluding hydrogens is 264 g/mol. The van der Waals surface area contributed by atoms with Gasteiger partial charge in [-0.3, -0.25) is 0 Å². The van der Waals surface area contributed by atoms with Crippen LogP contribution in [0, 0.1) is 0 Å². The third-order valence-electron chi connectivity index (χ3n) is 4.50. The van der Waals surface area contributed by atoms with E-state index < -0.39 is 0 Å². The minimum Gasteiger partial charge on any atom is -0.308 e. The molecule has 6 nitrogen and oxygen atoms in total. The summed E-state index contributed by atoms with van der Waals surface area (Å²) in [7, 11) is 4.32. The summed E-state index contributed by atoms with van der Waals surface area (Å²) in [4.78, 5) is 2.34. The van der Waals surface area contributed by atoms with E-state index in [0.29, 0.717) is 12.1 Å². The number of aromatic nitrogens is 4. The van der Waals surface area contributed by atoms with E-state index in [0.717, 1.165) is 18.1 Å². The molecule has 3 rings (SSSR count). The van der Waals surface area contributed by atoms with Gasteiger partial charge in [0, 0.05) is 12.1 Å². The van der Waals surface area contributed by atoms with Crippen molar-refractivity contribution in [2.45, 2.75) is 31.3 Å². The Labute approximate surface area is 125 Å². The first-order valence-electron chi connectivity index (χ1n) is 7.42. The number of benzene rings is 1. The maximum Gasteiger partial charge on any atom is 0.170 e. The van der Waals surface area contributed by atoms with E-state index in [1.54, 1.807) is 4.68 Å². The highest BCUT2D eigenvalue weighted by Gasteiger charge is 2.38. The lowest BCUT2D eigenvalue weighted by Crippen LogP contribution is -2.56. The van der Waals surface area contributed by atoms with Gasteiger partial charge in [0.15, 0.2) is 5.82 Å². The Kier molecular flexibility index (Phi) is 3.98. The van der Waals surface area contributed by atoms with E-state index in [-0.39, 0.29) is 0 Å². The number of likely N-dealkylation sites (N-methyl/N-ethyl adjacent to an activating group) is 1. The number of rotatable bonds is 6. The lowest BCUT2D eigenvalue weighted by Gasteiger charge is -2.47. The molecule has 21 heavy (non-hydrogen) atoms. The Hall–Kier alpha value is -1.79. The standard InChI is InChI=1S/C15H22N6/c1-20(2)15(9-6-10-15)12-16-11-14-17-18-19-21(14)13-7-4-3-5-8-13/h3-5,7-8,16H,6,9-12H2,1-2H3. The third kappa shape index (κ3) is 2.82. The van der Waals surface area contributed by atoms with Crippen molar-refractivity contribution in [3.63, 3.8) is 0 Å². The number of para-hydroxylation sites is 1. The Morgan fingerprint density at radius 2 is 2.00 bits per heavy atom. The molecule has 0 radical (unpaired) electrons. The van der Waals surface area contributed by atoms with Crippen molar-refractivity contribution >= 4 is 0 Å². The zero-order valence-electron chi connectivity index (χ0n) is 12.7. The molecule has 0 amide bonds. The summed E-state index contributed by atoms with van der Waals surface area (Å²) >= 11 is 0. The van der Waals surface area contributed by atoms with Gasteiger partial charge >= 0.3 is 0 Å². The van der Waals surface area contributed by atoms with Crippen LogP contribution in [-0.4, -0.2) is 51.3 Å². The summed E-state index contributed by atoms with van der Waals surface area (Å²) in [5.74, 6) is 0.842. The van der Waals surface area contributed by atoms with E-state index in [4.69, 9.17) is 0 Å². The summed E-state index contributed by atoms with van der Waals surface area (Å²) < 4.78 is 1.79. The molecule has 1 aromatic carbocycles. The summed E-state index contributed by atoms with van der Waals surface area (Å²) in [6, 6.07) is 9.98. The fourth-order valence-corrected chi connectivity index (χ4v) is 2.86. The highest BCUT2D eigenvalue weighted by molar-refractivity contribution is 5.30. The predicted octanol–water partition coefficient (Wildman–Crippen LogP) is 1.24. The van der Waals surface area contributed by atoms with Crippen molar-refractivity contribution < 1.29 is 0 Å². The maximum atomic E-state index is 4.13. The first kappa shape index (κ1) is 14.2. The van der Waals surface area contributed by atoms with Gasteiger partial charge in [0.05, 0.1) is 12.2 Å². The Morgan fingerprint density at radius 1 is 1.24 bits per heavy atom. The second kappa shape index (κ2) is 5.91. The minimum atomic E-state index is 0.311. The molecule has 1 aromatic heterocycles. The van der Waals surface area contributed by atoms with Gasteiger partial charge in [-0.1, -0.05) is 18.2 Å². The topological polar surface area (TPSA) is 58.9 Å². The normalized spacial score (nSPS) is 16.9. The smallest absolute Gasteiger partial charge is 0.170 e. The van der Waals surface area contributed by atoms with Gasteiger partial charge in [0.1, 0.15) is 0 Å². The third-order valence-corrected chi connectivity index (χ3v) is 4.50. The van der Waals surface area contributed by atoms with Gasteiger partial charge in [0.2, 0.25) is 0 Å². The molecular formula is C15H22N6. The van der Waals surface area contributed by atoms with Crippen LogP contribution in [0.2, 0.25) is 0 Å². The molecule has 1 heterocycles. The largest absolute Gasteiger partial charge is 0.308 e. The second-order valence-electron chi connectivity index (χ2n) is 5.92. The SMILES string of the molecule is CN(C)C1(CNCc2nnnn2-c2ccccc2)CCC1. The van der Waals surface area contributed by atoms with Crippen molar-refractivity contribution in [3.8, 4) is 5.69 Å². The lowest BCUT2D eigenvalue weighted by atomic mass is 9.75. The van der Waals surface area contributed by atoms with Crippen LogP contribution in [-0.2, 0) is 6.54 Å². The summed E-state index contributed by atoms with van der Waals surface area (Å²) in [6.07, 6.45) is 3.84. The molecule has 0 spiro atoms. The van der Waals surface area contributed by atoms with Crippen LogP contribution in [0.4, 0.5) is 0 Å². The zero-order valence-corrected chi connectivity index (χ0v) is 12.7. The van der Waals surface area contributed by atoms with Gasteiger partial charge in [-0.05, 0) is 55.9 Å². The Bertz CT molecular complexity index is 573. The number of hydrogen-bond donors (Lipinski definition) is 1. The fourth-order valence-electron chi connectivity index (χ4n) is 2.86. The van der Waals surface area contributed by atoms with Gasteiger partial charge in [-0.2, -0.15) is 4.68 Å². The second-order valence-corrected chi connectivity index (χ2v) is 5.92. The van der Waals surface area contributed by atoms with Crippen molar-refractivity contribution in [2.75, 3.05) is 20.6 Å². The average molecular weight is 286 g/mol. The average Bonchev–Trinajstić information content (AvgIpc) is 2.90. The van der Waals surface area contributed by atoms with Crippen LogP contribution >= 0.6 is 0 Å². The quantitative estimate of drug-likeness (QED) is 0.865. The highest BCUT2D eigenvalue weighted by Crippen LogP contribution is 2.35. The van der Waals surface area contributed by atoms with Crippen LogP contribution in [0.5, 0.6) is 0 Å². The molecule has 0 unspecified atom stereocenters. The van der Waals surface area contributed by atoms with E-state index in [1.165, 1.54) is 19.3 Å². The molecule has 0 bridgehead atoms. The molecule has 2 aromatic rings. The van der Waals surface area contributed by atoms with Crippen molar-refractivity contribution in [1.82, 2.24) is 30.4 Å². The first-order valence-corrected chi connectivity index (χ1v) is 7.42. The van der Waals surface area contributed by atoms with Crippen LogP contribution in [0.25, 0.3) is 5.69 Å². The Morgan fingerprint density at radius 3 is 2.62 bits per heavy atom. The van der Waals surface area contributed by atoms with Gasteiger partial charge < -0.3 is 10.2 Å². The van der Waals surface area contributed by atoms with Crippen LogP contribution in [0.15, 0.2) is 30.3 Å². The molecule has 0 aliphatic heterocycles. The number of nitrogens with zero attached hydrogens (tertiary/aromatic N) is 5. The van der Waals surface area contributed by atoms with E-state index in [9.17, 15) is 0 Å². The fraction of sp³-hybridized carbons (Fsp3) is 0.533. The molecule has 1 fully saturated rings. The molecule has 1 aliphatic rings. The number of nitrogens with one attached hydrogen (secondary N) is 1. The van der Waals surface area contributed by atoms with Crippen LogP contribution in [0.3, 0.4) is 0 Å². The van der Waals surface area contributed by atoms with Crippen LogP contribution < -0.4 is 5.32 Å². The molecule has 1 saturated carbocycles. The monoisotopic (exact) mass is 286 g/mol. The molecule has 1 N–H and O–H groups in total. The molecule has 0 saturated heterocycles. The van der Waals surface area contributed by atoms with E-state index in [1.807, 2.05) is 30.3 Å². The summed E-state index contributed by atoms with van der Waals surface area (Å²) in [6.45, 7) is 1.65. The van der Waals surface area contributed by atoms with Crippen molar-refractivity contribution in [3.05, 3.63) is 36.2 Å². The minimum absolute atomic E-state index is 0.311. The van der Waals surface area contributed by atoms with E-state index >= 15 is 0 Å². The number of hydrogen-bond acceptors (Lipinski definition) is 5. The summed E-state index contributed by atoms with van der Waals surface area (Å²) in [5.41, 5.74) is 1.30. The molecule has 0 atom stereocenters. The lowest BCUT2D eigenvalue weighted by molar-refractivity contribution is 0.0596. The van der Waals surface area contributed by atoms with Crippen molar-refractivity contribution in [1.29, 1.82) is 0 Å². The van der Waals surface area contributed by atoms with E-state index in [2.05, 4.69) is 39.8 Å². The maximum absolute atomic E-state index is 4.13. The van der Waals surface area contributed by atoms with Gasteiger partial charge in [-0.25, -0.2) is 0 Å². The highest BCUT2D eigenvalue weighted by atomic mass is 15.5. The molecule has 1 aliphatic carbocycles. The number of tetrazole rings is 1. The zero-order chi connectivity index (χ0) is 14.7. The molecule has 6 heteroatoms. The van der Waals surface area contributed by atoms with Gasteiger partial charge in [0.25, 0.3) is 0 Å². The predicted molar refractivity (Wildman–Crippen MR) is 81.1 cm³/mol.